The second-order valence-corrected chi connectivity index (χ2v) is 4.93. The van der Waals surface area contributed by atoms with Crippen molar-refractivity contribution in [3.8, 4) is 5.75 Å². The molecular formula is C12H11BrF3NO3. The van der Waals surface area contributed by atoms with Crippen LogP contribution in [0.2, 0.25) is 0 Å². The van der Waals surface area contributed by atoms with Crippen molar-refractivity contribution in [2.45, 2.75) is 6.10 Å². The molecule has 0 saturated carbocycles. The predicted octanol–water partition coefficient (Wildman–Crippen LogP) is 2.05. The highest BCUT2D eigenvalue weighted by Gasteiger charge is 2.29. The second-order valence-electron chi connectivity index (χ2n) is 4.28. The summed E-state index contributed by atoms with van der Waals surface area (Å²) < 4.78 is 45.2. The van der Waals surface area contributed by atoms with Gasteiger partial charge in [-0.15, -0.1) is 0 Å². The van der Waals surface area contributed by atoms with Crippen molar-refractivity contribution in [3.63, 3.8) is 0 Å². The van der Waals surface area contributed by atoms with Crippen molar-refractivity contribution in [3.05, 3.63) is 29.1 Å². The Balaban J connectivity index is 2.29. The number of rotatable bonds is 2. The topological polar surface area (TPSA) is 49.8 Å². The zero-order valence-corrected chi connectivity index (χ0v) is 11.8. The van der Waals surface area contributed by atoms with Crippen molar-refractivity contribution in [2.24, 2.45) is 0 Å². The average Bonchev–Trinajstić information content (AvgIpc) is 2.48. The van der Waals surface area contributed by atoms with Crippen LogP contribution in [0, 0.1) is 17.5 Å². The molecule has 4 nitrogen and oxygen atoms in total. The van der Waals surface area contributed by atoms with E-state index in [0.29, 0.717) is 11.4 Å². The number of halogens is 4. The lowest BCUT2D eigenvalue weighted by Gasteiger charge is -2.32. The summed E-state index contributed by atoms with van der Waals surface area (Å²) in [5.74, 6) is -6.95. The van der Waals surface area contributed by atoms with Crippen molar-refractivity contribution < 1.29 is 27.8 Å². The molecule has 1 fully saturated rings. The van der Waals surface area contributed by atoms with Crippen LogP contribution in [0.25, 0.3) is 0 Å². The van der Waals surface area contributed by atoms with Crippen LogP contribution >= 0.6 is 15.9 Å². The third kappa shape index (κ3) is 2.76. The molecule has 0 radical (unpaired) electrons. The summed E-state index contributed by atoms with van der Waals surface area (Å²) in [6, 6.07) is 0.450. The molecular weight excluding hydrogens is 343 g/mol. The van der Waals surface area contributed by atoms with Gasteiger partial charge in [-0.2, -0.15) is 4.39 Å². The van der Waals surface area contributed by atoms with Crippen LogP contribution in [0.1, 0.15) is 10.4 Å². The molecule has 8 heteroatoms. The first-order valence-corrected chi connectivity index (χ1v) is 6.91. The minimum absolute atomic E-state index is 0.198. The molecule has 0 aromatic heterocycles. The Kier molecular flexibility index (Phi) is 4.54. The molecule has 1 aliphatic rings. The molecule has 1 unspecified atom stereocenters. The number of hydrogen-bond donors (Lipinski definition) is 1. The Hall–Kier alpha value is -1.28. The first-order chi connectivity index (χ1) is 9.45. The fourth-order valence-corrected chi connectivity index (χ4v) is 2.31. The van der Waals surface area contributed by atoms with Gasteiger partial charge in [0.1, 0.15) is 0 Å². The molecule has 110 valence electrons. The van der Waals surface area contributed by atoms with Crippen molar-refractivity contribution in [1.29, 1.82) is 0 Å². The molecule has 2 rings (SSSR count). The lowest BCUT2D eigenvalue weighted by molar-refractivity contribution is -0.00986. The zero-order valence-electron chi connectivity index (χ0n) is 10.2. The standard InChI is InChI=1S/C12H11BrF3NO3/c13-4-6-5-17(1-2-20-6)12(19)7-3-8(14)10(16)11(18)9(7)15/h3,6,18H,1-2,4-5H2. The predicted molar refractivity (Wildman–Crippen MR) is 67.4 cm³/mol. The molecule has 1 aromatic rings. The van der Waals surface area contributed by atoms with E-state index >= 15 is 0 Å². The number of aromatic hydroxyl groups is 1. The number of benzene rings is 1. The van der Waals surface area contributed by atoms with Gasteiger partial charge in [0, 0.05) is 18.4 Å². The highest BCUT2D eigenvalue weighted by Crippen LogP contribution is 2.27. The summed E-state index contributed by atoms with van der Waals surface area (Å²) in [6.07, 6.45) is -0.255. The quantitative estimate of drug-likeness (QED) is 0.653. The van der Waals surface area contributed by atoms with Gasteiger partial charge in [0.25, 0.3) is 5.91 Å². The number of morpholine rings is 1. The molecule has 1 aliphatic heterocycles. The van der Waals surface area contributed by atoms with Gasteiger partial charge in [0.05, 0.1) is 18.3 Å². The first-order valence-electron chi connectivity index (χ1n) is 5.79. The van der Waals surface area contributed by atoms with Gasteiger partial charge in [0.2, 0.25) is 5.82 Å². The van der Waals surface area contributed by atoms with E-state index in [0.717, 1.165) is 0 Å². The monoisotopic (exact) mass is 353 g/mol. The molecule has 0 bridgehead atoms. The SMILES string of the molecule is O=C(c1cc(F)c(F)c(O)c1F)N1CCOC(CBr)C1. The number of nitrogens with zero attached hydrogens (tertiary/aromatic N) is 1. The summed E-state index contributed by atoms with van der Waals surface area (Å²) >= 11 is 3.20. The summed E-state index contributed by atoms with van der Waals surface area (Å²) in [5, 5.41) is 9.61. The fourth-order valence-electron chi connectivity index (χ4n) is 1.91. The summed E-state index contributed by atoms with van der Waals surface area (Å²) in [7, 11) is 0. The van der Waals surface area contributed by atoms with Gasteiger partial charge in [-0.05, 0) is 6.07 Å². The van der Waals surface area contributed by atoms with E-state index in [-0.39, 0.29) is 25.8 Å². The molecule has 1 aromatic carbocycles. The highest BCUT2D eigenvalue weighted by molar-refractivity contribution is 9.09. The van der Waals surface area contributed by atoms with Crippen LogP contribution in [-0.4, -0.2) is 47.0 Å². The van der Waals surface area contributed by atoms with E-state index in [1.54, 1.807) is 0 Å². The molecule has 1 saturated heterocycles. The highest BCUT2D eigenvalue weighted by atomic mass is 79.9. The summed E-state index contributed by atoms with van der Waals surface area (Å²) in [5.41, 5.74) is -0.698. The minimum atomic E-state index is -1.71. The molecule has 0 spiro atoms. The van der Waals surface area contributed by atoms with Gasteiger partial charge < -0.3 is 14.7 Å². The van der Waals surface area contributed by atoms with Crippen LogP contribution in [0.5, 0.6) is 5.75 Å². The molecule has 1 heterocycles. The van der Waals surface area contributed by atoms with E-state index in [4.69, 9.17) is 9.84 Å². The van der Waals surface area contributed by atoms with Gasteiger partial charge in [-0.25, -0.2) is 8.78 Å². The number of amides is 1. The molecule has 1 amide bonds. The number of carbonyl (C=O) groups excluding carboxylic acids is 1. The maximum atomic E-state index is 13.7. The van der Waals surface area contributed by atoms with E-state index in [1.165, 1.54) is 4.90 Å². The van der Waals surface area contributed by atoms with Crippen molar-refractivity contribution in [1.82, 2.24) is 4.90 Å². The lowest BCUT2D eigenvalue weighted by atomic mass is 10.1. The molecule has 0 aliphatic carbocycles. The van der Waals surface area contributed by atoms with E-state index < -0.39 is 34.7 Å². The normalized spacial score (nSPS) is 19.2. The Morgan fingerprint density at radius 3 is 2.80 bits per heavy atom. The number of hydrogen-bond acceptors (Lipinski definition) is 3. The Morgan fingerprint density at radius 2 is 2.15 bits per heavy atom. The van der Waals surface area contributed by atoms with Crippen LogP contribution in [-0.2, 0) is 4.74 Å². The Labute approximate surface area is 121 Å². The third-order valence-electron chi connectivity index (χ3n) is 2.96. The van der Waals surface area contributed by atoms with Crippen LogP contribution < -0.4 is 0 Å². The van der Waals surface area contributed by atoms with Gasteiger partial charge >= 0.3 is 0 Å². The number of carbonyl (C=O) groups is 1. The largest absolute Gasteiger partial charge is 0.503 e. The molecule has 1 N–H and O–H groups in total. The smallest absolute Gasteiger partial charge is 0.257 e. The maximum absolute atomic E-state index is 13.7. The van der Waals surface area contributed by atoms with Crippen molar-refractivity contribution in [2.75, 3.05) is 25.0 Å². The van der Waals surface area contributed by atoms with Gasteiger partial charge in [-0.3, -0.25) is 4.79 Å². The van der Waals surface area contributed by atoms with Crippen LogP contribution in [0.3, 0.4) is 0 Å². The maximum Gasteiger partial charge on any atom is 0.257 e. The molecule has 1 atom stereocenters. The zero-order chi connectivity index (χ0) is 14.9. The van der Waals surface area contributed by atoms with E-state index in [1.807, 2.05) is 0 Å². The van der Waals surface area contributed by atoms with Crippen molar-refractivity contribution >= 4 is 21.8 Å². The third-order valence-corrected chi connectivity index (χ3v) is 3.68. The number of phenols is 1. The lowest BCUT2D eigenvalue weighted by Crippen LogP contribution is -2.46. The minimum Gasteiger partial charge on any atom is -0.503 e. The van der Waals surface area contributed by atoms with Crippen LogP contribution in [0.4, 0.5) is 13.2 Å². The summed E-state index contributed by atoms with van der Waals surface area (Å²) in [6.45, 7) is 0.671. The first kappa shape index (κ1) is 15.1. The van der Waals surface area contributed by atoms with E-state index in [9.17, 15) is 18.0 Å². The Morgan fingerprint density at radius 1 is 1.45 bits per heavy atom. The second kappa shape index (κ2) is 6.01. The van der Waals surface area contributed by atoms with Gasteiger partial charge in [-0.1, -0.05) is 15.9 Å². The average molecular weight is 354 g/mol. The van der Waals surface area contributed by atoms with Gasteiger partial charge in [0.15, 0.2) is 17.4 Å². The fraction of sp³-hybridized carbons (Fsp3) is 0.417. The number of ether oxygens (including phenoxy) is 1. The number of phenolic OH excluding ortho intramolecular Hbond substituents is 1. The van der Waals surface area contributed by atoms with E-state index in [2.05, 4.69) is 15.9 Å². The Bertz CT molecular complexity index is 541. The molecule has 20 heavy (non-hydrogen) atoms. The number of alkyl halides is 1. The summed E-state index contributed by atoms with van der Waals surface area (Å²) in [4.78, 5) is 13.4. The van der Waals surface area contributed by atoms with Crippen LogP contribution in [0.15, 0.2) is 6.07 Å².